The topological polar surface area (TPSA) is 34.1 Å². The van der Waals surface area contributed by atoms with E-state index in [-0.39, 0.29) is 10.9 Å². The molecule has 0 aromatic heterocycles. The lowest BCUT2D eigenvalue weighted by atomic mass is 10.1. The molecule has 0 spiro atoms. The van der Waals surface area contributed by atoms with Gasteiger partial charge in [-0.2, -0.15) is 23.5 Å². The molecule has 5 heteroatoms. The molecule has 104 valence electrons. The number of Topliss-reactive ketones (excluding diaryl/α,β-unsaturated/α-hetero) is 1. The average molecular weight is 314 g/mol. The Balaban J connectivity index is 2.37. The molecule has 1 aromatic carbocycles. The highest BCUT2D eigenvalue weighted by molar-refractivity contribution is 8.14. The van der Waals surface area contributed by atoms with Gasteiger partial charge in [-0.15, -0.1) is 0 Å². The highest BCUT2D eigenvalue weighted by atomic mass is 32.2. The van der Waals surface area contributed by atoms with Crippen molar-refractivity contribution in [2.75, 3.05) is 29.3 Å². The van der Waals surface area contributed by atoms with Gasteiger partial charge in [0.2, 0.25) is 5.12 Å². The van der Waals surface area contributed by atoms with E-state index < -0.39 is 0 Å². The molecule has 0 aliphatic rings. The summed E-state index contributed by atoms with van der Waals surface area (Å²) in [6.07, 6.45) is 2.10. The summed E-state index contributed by atoms with van der Waals surface area (Å²) in [5.74, 6) is 4.10. The Kier molecular flexibility index (Phi) is 8.34. The Morgan fingerprint density at radius 3 is 2.42 bits per heavy atom. The molecule has 0 heterocycles. The zero-order valence-corrected chi connectivity index (χ0v) is 13.6. The first-order chi connectivity index (χ1) is 9.15. The van der Waals surface area contributed by atoms with Crippen LogP contribution in [0.25, 0.3) is 0 Å². The van der Waals surface area contributed by atoms with Crippen LogP contribution in [0.1, 0.15) is 27.6 Å². The number of rotatable bonds is 8. The minimum atomic E-state index is -0.00716. The fourth-order valence-electron chi connectivity index (χ4n) is 1.39. The second-order valence-electron chi connectivity index (χ2n) is 3.88. The Bertz CT molecular complexity index is 432. The van der Waals surface area contributed by atoms with Crippen molar-refractivity contribution in [3.8, 4) is 0 Å². The van der Waals surface area contributed by atoms with Crippen molar-refractivity contribution >= 4 is 46.2 Å². The summed E-state index contributed by atoms with van der Waals surface area (Å²) in [5, 5.41) is 0.0496. The van der Waals surface area contributed by atoms with E-state index in [9.17, 15) is 9.59 Å². The maximum absolute atomic E-state index is 11.9. The second kappa shape index (κ2) is 9.50. The molecular weight excluding hydrogens is 296 g/mol. The normalized spacial score (nSPS) is 10.4. The van der Waals surface area contributed by atoms with Crippen LogP contribution < -0.4 is 0 Å². The molecule has 1 aromatic rings. The van der Waals surface area contributed by atoms with E-state index in [0.717, 1.165) is 23.0 Å². The molecule has 0 radical (unpaired) electrons. The van der Waals surface area contributed by atoms with Crippen LogP contribution in [-0.4, -0.2) is 40.2 Å². The van der Waals surface area contributed by atoms with E-state index in [1.54, 1.807) is 24.3 Å². The molecule has 0 saturated heterocycles. The van der Waals surface area contributed by atoms with Gasteiger partial charge < -0.3 is 0 Å². The summed E-state index contributed by atoms with van der Waals surface area (Å²) >= 11 is 5.05. The van der Waals surface area contributed by atoms with Gasteiger partial charge in [-0.3, -0.25) is 9.59 Å². The summed E-state index contributed by atoms with van der Waals surface area (Å²) in [6, 6.07) is 6.95. The van der Waals surface area contributed by atoms with Crippen LogP contribution in [0.2, 0.25) is 0 Å². The van der Waals surface area contributed by atoms with Crippen molar-refractivity contribution < 1.29 is 9.59 Å². The number of ketones is 1. The molecule has 19 heavy (non-hydrogen) atoms. The third kappa shape index (κ3) is 6.54. The van der Waals surface area contributed by atoms with Crippen molar-refractivity contribution in [1.29, 1.82) is 0 Å². The molecule has 0 amide bonds. The lowest BCUT2D eigenvalue weighted by Gasteiger charge is -2.03. The van der Waals surface area contributed by atoms with Crippen molar-refractivity contribution in [1.82, 2.24) is 0 Å². The minimum absolute atomic E-state index is 0.00716. The molecule has 1 rings (SSSR count). The number of carbonyl (C=O) groups excluding carboxylic acids is 2. The van der Waals surface area contributed by atoms with Gasteiger partial charge in [0.1, 0.15) is 0 Å². The van der Waals surface area contributed by atoms with Crippen LogP contribution in [0.15, 0.2) is 24.3 Å². The SMILES string of the molecule is CSCCSCCSC(=O)c1cccc(C(C)=O)c1. The Labute approximate surface area is 127 Å². The maximum atomic E-state index is 11.9. The summed E-state index contributed by atoms with van der Waals surface area (Å²) < 4.78 is 0. The quantitative estimate of drug-likeness (QED) is 0.537. The Morgan fingerprint density at radius 2 is 1.74 bits per heavy atom. The van der Waals surface area contributed by atoms with E-state index >= 15 is 0 Å². The van der Waals surface area contributed by atoms with Crippen molar-refractivity contribution in [2.24, 2.45) is 0 Å². The number of benzene rings is 1. The van der Waals surface area contributed by atoms with Crippen LogP contribution in [0.3, 0.4) is 0 Å². The average Bonchev–Trinajstić information content (AvgIpc) is 2.42. The Morgan fingerprint density at radius 1 is 1.05 bits per heavy atom. The number of thioether (sulfide) groups is 3. The van der Waals surface area contributed by atoms with Gasteiger partial charge in [0.15, 0.2) is 5.78 Å². The molecule has 0 aliphatic heterocycles. The summed E-state index contributed by atoms with van der Waals surface area (Å²) in [4.78, 5) is 23.2. The van der Waals surface area contributed by atoms with Gasteiger partial charge in [0, 0.05) is 34.1 Å². The van der Waals surface area contributed by atoms with Crippen molar-refractivity contribution in [3.63, 3.8) is 0 Å². The van der Waals surface area contributed by atoms with Crippen LogP contribution in [0.5, 0.6) is 0 Å². The van der Waals surface area contributed by atoms with E-state index in [4.69, 9.17) is 0 Å². The summed E-state index contributed by atoms with van der Waals surface area (Å²) in [6.45, 7) is 1.51. The highest BCUT2D eigenvalue weighted by Crippen LogP contribution is 2.16. The summed E-state index contributed by atoms with van der Waals surface area (Å²) in [7, 11) is 0. The van der Waals surface area contributed by atoms with Gasteiger partial charge in [0.05, 0.1) is 0 Å². The van der Waals surface area contributed by atoms with E-state index in [0.29, 0.717) is 11.1 Å². The van der Waals surface area contributed by atoms with Crippen molar-refractivity contribution in [2.45, 2.75) is 6.92 Å². The van der Waals surface area contributed by atoms with Gasteiger partial charge in [0.25, 0.3) is 0 Å². The van der Waals surface area contributed by atoms with Crippen molar-refractivity contribution in [3.05, 3.63) is 35.4 Å². The molecule has 0 bridgehead atoms. The first-order valence-corrected chi connectivity index (χ1v) is 9.53. The van der Waals surface area contributed by atoms with Crippen LogP contribution in [0, 0.1) is 0 Å². The van der Waals surface area contributed by atoms with Crippen LogP contribution >= 0.6 is 35.3 Å². The highest BCUT2D eigenvalue weighted by Gasteiger charge is 2.08. The lowest BCUT2D eigenvalue weighted by Crippen LogP contribution is -2.00. The van der Waals surface area contributed by atoms with Crippen LogP contribution in [-0.2, 0) is 0 Å². The molecule has 2 nitrogen and oxygen atoms in total. The van der Waals surface area contributed by atoms with Gasteiger partial charge in [-0.1, -0.05) is 30.0 Å². The Hall–Kier alpha value is -0.390. The number of hydrogen-bond donors (Lipinski definition) is 0. The zero-order chi connectivity index (χ0) is 14.1. The van der Waals surface area contributed by atoms with E-state index in [1.807, 2.05) is 23.5 Å². The lowest BCUT2D eigenvalue weighted by molar-refractivity contribution is 0.101. The zero-order valence-electron chi connectivity index (χ0n) is 11.2. The largest absolute Gasteiger partial charge is 0.295 e. The fourth-order valence-corrected chi connectivity index (χ4v) is 4.01. The summed E-state index contributed by atoms with van der Waals surface area (Å²) in [5.41, 5.74) is 1.22. The van der Waals surface area contributed by atoms with E-state index in [1.165, 1.54) is 18.7 Å². The molecule has 0 fully saturated rings. The van der Waals surface area contributed by atoms with Gasteiger partial charge in [-0.05, 0) is 19.2 Å². The first-order valence-electron chi connectivity index (χ1n) is 6.00. The standard InChI is InChI=1S/C14H18O2S3/c1-11(15)12-4-3-5-13(10-12)14(16)19-9-8-18-7-6-17-2/h3-5,10H,6-9H2,1-2H3. The predicted octanol–water partition coefficient (Wildman–Crippen LogP) is 3.86. The second-order valence-corrected chi connectivity index (χ2v) is 7.16. The minimum Gasteiger partial charge on any atom is -0.295 e. The van der Waals surface area contributed by atoms with E-state index in [2.05, 4.69) is 6.26 Å². The number of hydrogen-bond acceptors (Lipinski definition) is 5. The smallest absolute Gasteiger partial charge is 0.219 e. The molecule has 0 aliphatic carbocycles. The van der Waals surface area contributed by atoms with Gasteiger partial charge >= 0.3 is 0 Å². The molecule has 0 atom stereocenters. The third-order valence-corrected chi connectivity index (χ3v) is 5.42. The predicted molar refractivity (Wildman–Crippen MR) is 88.9 cm³/mol. The fraction of sp³-hybridized carbons (Fsp3) is 0.429. The maximum Gasteiger partial charge on any atom is 0.219 e. The van der Waals surface area contributed by atoms with Gasteiger partial charge in [-0.25, -0.2) is 0 Å². The molecule has 0 N–H and O–H groups in total. The molecular formula is C14H18O2S3. The third-order valence-electron chi connectivity index (χ3n) is 2.40. The van der Waals surface area contributed by atoms with Crippen LogP contribution in [0.4, 0.5) is 0 Å². The molecule has 0 saturated carbocycles. The monoisotopic (exact) mass is 314 g/mol. The first kappa shape index (κ1) is 16.7. The molecule has 0 unspecified atom stereocenters. The number of carbonyl (C=O) groups is 2.